The van der Waals surface area contributed by atoms with Crippen LogP contribution in [-0.4, -0.2) is 38.1 Å². The highest BCUT2D eigenvalue weighted by molar-refractivity contribution is 9.10. The Morgan fingerprint density at radius 2 is 1.77 bits per heavy atom. The van der Waals surface area contributed by atoms with Crippen molar-refractivity contribution in [1.29, 1.82) is 0 Å². The molecule has 1 aliphatic rings. The molecule has 11 heteroatoms. The van der Waals surface area contributed by atoms with Crippen molar-refractivity contribution in [1.82, 2.24) is 4.31 Å². The Hall–Kier alpha value is -2.11. The summed E-state index contributed by atoms with van der Waals surface area (Å²) in [5.41, 5.74) is 1.01. The van der Waals surface area contributed by atoms with E-state index in [9.17, 15) is 26.4 Å². The molecule has 0 atom stereocenters. The van der Waals surface area contributed by atoms with Crippen LogP contribution in [0.2, 0.25) is 0 Å². The van der Waals surface area contributed by atoms with Crippen LogP contribution in [0, 0.1) is 5.92 Å². The first-order chi connectivity index (χ1) is 14.5. The van der Waals surface area contributed by atoms with Crippen LogP contribution in [0.1, 0.15) is 18.4 Å². The first-order valence-electron chi connectivity index (χ1n) is 9.41. The smallest absolute Gasteiger partial charge is 0.406 e. The summed E-state index contributed by atoms with van der Waals surface area (Å²) in [4.78, 5) is 12.5. The van der Waals surface area contributed by atoms with E-state index in [2.05, 4.69) is 26.0 Å². The van der Waals surface area contributed by atoms with Crippen LogP contribution in [0.15, 0.2) is 53.0 Å². The zero-order chi connectivity index (χ0) is 22.6. The molecule has 168 valence electrons. The zero-order valence-corrected chi connectivity index (χ0v) is 18.6. The summed E-state index contributed by atoms with van der Waals surface area (Å²) >= 11 is 3.32. The summed E-state index contributed by atoms with van der Waals surface area (Å²) in [6.07, 6.45) is -4.06. The number of rotatable bonds is 6. The van der Waals surface area contributed by atoms with E-state index in [1.54, 1.807) is 18.2 Å². The fourth-order valence-electron chi connectivity index (χ4n) is 3.31. The predicted octanol–water partition coefficient (Wildman–Crippen LogP) is 4.53. The van der Waals surface area contributed by atoms with Crippen LogP contribution in [-0.2, 0) is 20.6 Å². The number of sulfonamides is 1. The monoisotopic (exact) mass is 520 g/mol. The van der Waals surface area contributed by atoms with Gasteiger partial charge in [0.1, 0.15) is 5.75 Å². The van der Waals surface area contributed by atoms with Gasteiger partial charge in [0.2, 0.25) is 15.9 Å². The highest BCUT2D eigenvalue weighted by Crippen LogP contribution is 2.26. The minimum Gasteiger partial charge on any atom is -0.406 e. The Kier molecular flexibility index (Phi) is 7.28. The van der Waals surface area contributed by atoms with Crippen LogP contribution >= 0.6 is 15.9 Å². The molecule has 0 spiro atoms. The fourth-order valence-corrected chi connectivity index (χ4v) is 5.31. The van der Waals surface area contributed by atoms with Gasteiger partial charge in [0.15, 0.2) is 0 Å². The van der Waals surface area contributed by atoms with Gasteiger partial charge < -0.3 is 10.1 Å². The number of halogens is 4. The van der Waals surface area contributed by atoms with E-state index in [4.69, 9.17) is 0 Å². The van der Waals surface area contributed by atoms with Gasteiger partial charge >= 0.3 is 6.36 Å². The summed E-state index contributed by atoms with van der Waals surface area (Å²) < 4.78 is 68.0. The van der Waals surface area contributed by atoms with Crippen LogP contribution in [0.3, 0.4) is 0 Å². The Balaban J connectivity index is 1.52. The summed E-state index contributed by atoms with van der Waals surface area (Å²) in [6.45, 7) is 0.458. The number of nitrogens with zero attached hydrogens (tertiary/aromatic N) is 1. The van der Waals surface area contributed by atoms with Crippen molar-refractivity contribution < 1.29 is 31.1 Å². The van der Waals surface area contributed by atoms with Crippen LogP contribution in [0.4, 0.5) is 18.9 Å². The maximum absolute atomic E-state index is 12.7. The SMILES string of the molecule is O=C(Nc1ccc(OC(F)(F)F)cc1)C1CCN(S(=O)(=O)Cc2cccc(Br)c2)CC1. The molecule has 1 saturated heterocycles. The van der Waals surface area contributed by atoms with Gasteiger partial charge in [-0.05, 0) is 54.8 Å². The number of anilines is 1. The third-order valence-corrected chi connectivity index (χ3v) is 7.15. The number of carbonyl (C=O) groups excluding carboxylic acids is 1. The van der Waals surface area contributed by atoms with Crippen LogP contribution < -0.4 is 10.1 Å². The molecule has 2 aromatic carbocycles. The van der Waals surface area contributed by atoms with E-state index in [-0.39, 0.29) is 36.4 Å². The lowest BCUT2D eigenvalue weighted by Crippen LogP contribution is -2.41. The van der Waals surface area contributed by atoms with E-state index in [0.29, 0.717) is 24.1 Å². The average molecular weight is 521 g/mol. The summed E-state index contributed by atoms with van der Waals surface area (Å²) in [7, 11) is -3.51. The number of alkyl halides is 3. The zero-order valence-electron chi connectivity index (χ0n) is 16.2. The van der Waals surface area contributed by atoms with Gasteiger partial charge in [-0.25, -0.2) is 12.7 Å². The molecule has 6 nitrogen and oxygen atoms in total. The topological polar surface area (TPSA) is 75.7 Å². The number of hydrogen-bond donors (Lipinski definition) is 1. The van der Waals surface area contributed by atoms with Crippen molar-refractivity contribution in [2.45, 2.75) is 25.0 Å². The van der Waals surface area contributed by atoms with E-state index < -0.39 is 16.4 Å². The lowest BCUT2D eigenvalue weighted by molar-refractivity contribution is -0.274. The second kappa shape index (κ2) is 9.58. The Morgan fingerprint density at radius 3 is 2.35 bits per heavy atom. The molecule has 0 aliphatic carbocycles. The first kappa shape index (κ1) is 23.6. The first-order valence-corrected chi connectivity index (χ1v) is 11.8. The fraction of sp³-hybridized carbons (Fsp3) is 0.350. The number of hydrogen-bond acceptors (Lipinski definition) is 4. The highest BCUT2D eigenvalue weighted by atomic mass is 79.9. The van der Waals surface area contributed by atoms with Gasteiger partial charge in [0.25, 0.3) is 0 Å². The second-order valence-electron chi connectivity index (χ2n) is 7.12. The van der Waals surface area contributed by atoms with Gasteiger partial charge in [-0.2, -0.15) is 0 Å². The minimum atomic E-state index is -4.78. The van der Waals surface area contributed by atoms with E-state index >= 15 is 0 Å². The van der Waals surface area contributed by atoms with Gasteiger partial charge in [-0.1, -0.05) is 28.1 Å². The number of amides is 1. The maximum atomic E-state index is 12.7. The van der Waals surface area contributed by atoms with Crippen LogP contribution in [0.25, 0.3) is 0 Å². The molecule has 31 heavy (non-hydrogen) atoms. The lowest BCUT2D eigenvalue weighted by atomic mass is 9.97. The van der Waals surface area contributed by atoms with Crippen molar-refractivity contribution >= 4 is 37.5 Å². The molecule has 2 aromatic rings. The average Bonchev–Trinajstić information content (AvgIpc) is 2.68. The van der Waals surface area contributed by atoms with E-state index in [1.807, 2.05) is 6.07 Å². The van der Waals surface area contributed by atoms with Crippen molar-refractivity contribution in [3.63, 3.8) is 0 Å². The van der Waals surface area contributed by atoms with Crippen LogP contribution in [0.5, 0.6) is 5.75 Å². The third-order valence-electron chi connectivity index (χ3n) is 4.81. The maximum Gasteiger partial charge on any atom is 0.573 e. The molecular formula is C20H20BrF3N2O4S. The molecule has 1 amide bonds. The highest BCUT2D eigenvalue weighted by Gasteiger charge is 2.32. The summed E-state index contributed by atoms with van der Waals surface area (Å²) in [5, 5.41) is 2.65. The standard InChI is InChI=1S/C20H20BrF3N2O4S/c21-16-3-1-2-14(12-16)13-31(28,29)26-10-8-15(9-11-26)19(27)25-17-4-6-18(7-5-17)30-20(22,23)24/h1-7,12,15H,8-11,13H2,(H,25,27). The molecular weight excluding hydrogens is 501 g/mol. The van der Waals surface area contributed by atoms with Crippen molar-refractivity contribution in [3.8, 4) is 5.75 Å². The quantitative estimate of drug-likeness (QED) is 0.607. The van der Waals surface area contributed by atoms with E-state index in [0.717, 1.165) is 16.6 Å². The number of benzene rings is 2. The molecule has 1 N–H and O–H groups in total. The largest absolute Gasteiger partial charge is 0.573 e. The minimum absolute atomic E-state index is 0.115. The van der Waals surface area contributed by atoms with Crippen molar-refractivity contribution in [2.24, 2.45) is 5.92 Å². The number of ether oxygens (including phenoxy) is 1. The summed E-state index contributed by atoms with van der Waals surface area (Å²) in [5.74, 6) is -1.18. The molecule has 0 aromatic heterocycles. The Labute approximate surface area is 186 Å². The van der Waals surface area contributed by atoms with E-state index in [1.165, 1.54) is 16.4 Å². The molecule has 1 heterocycles. The Bertz CT molecular complexity index is 1020. The Morgan fingerprint density at radius 1 is 1.13 bits per heavy atom. The lowest BCUT2D eigenvalue weighted by Gasteiger charge is -2.30. The molecule has 1 fully saturated rings. The third kappa shape index (κ3) is 6.94. The van der Waals surface area contributed by atoms with Crippen molar-refractivity contribution in [3.05, 3.63) is 58.6 Å². The summed E-state index contributed by atoms with van der Waals surface area (Å²) in [6, 6.07) is 11.9. The molecule has 3 rings (SSSR count). The molecule has 1 aliphatic heterocycles. The van der Waals surface area contributed by atoms with Crippen molar-refractivity contribution in [2.75, 3.05) is 18.4 Å². The molecule has 0 radical (unpaired) electrons. The van der Waals surface area contributed by atoms with Gasteiger partial charge in [-0.3, -0.25) is 4.79 Å². The van der Waals surface area contributed by atoms with Gasteiger partial charge in [0.05, 0.1) is 5.75 Å². The predicted molar refractivity (Wildman–Crippen MR) is 113 cm³/mol. The second-order valence-corrected chi connectivity index (χ2v) is 10.0. The van der Waals surface area contributed by atoms with Gasteiger partial charge in [0, 0.05) is 29.2 Å². The number of piperidine rings is 1. The van der Waals surface area contributed by atoms with Gasteiger partial charge in [-0.15, -0.1) is 13.2 Å². The number of carbonyl (C=O) groups is 1. The number of nitrogens with one attached hydrogen (secondary N) is 1. The molecule has 0 unspecified atom stereocenters. The molecule has 0 bridgehead atoms. The molecule has 0 saturated carbocycles. The normalized spacial score (nSPS) is 16.1.